The van der Waals surface area contributed by atoms with E-state index < -0.39 is 32.6 Å². The number of hydrogen-bond acceptors (Lipinski definition) is 6. The zero-order valence-corrected chi connectivity index (χ0v) is 11.3. The molecule has 1 aromatic carbocycles. The molecule has 3 N–H and O–H groups in total. The van der Waals surface area contributed by atoms with E-state index in [-0.39, 0.29) is 15.6 Å². The molecule has 0 spiro atoms. The predicted molar refractivity (Wildman–Crippen MR) is 65.4 cm³/mol. The van der Waals surface area contributed by atoms with Crippen LogP contribution < -0.4 is 5.73 Å². The van der Waals surface area contributed by atoms with Crippen LogP contribution in [0.4, 0.5) is 5.69 Å². The summed E-state index contributed by atoms with van der Waals surface area (Å²) < 4.78 is 56.2. The molecule has 0 fully saturated rings. The summed E-state index contributed by atoms with van der Waals surface area (Å²) in [6.45, 7) is -0.691. The van der Waals surface area contributed by atoms with Crippen molar-refractivity contribution in [2.24, 2.45) is 0 Å². The molecule has 1 aromatic rings. The zero-order valence-electron chi connectivity index (χ0n) is 8.91. The van der Waals surface area contributed by atoms with Crippen molar-refractivity contribution in [3.63, 3.8) is 0 Å². The van der Waals surface area contributed by atoms with Crippen LogP contribution in [0.3, 0.4) is 0 Å². The maximum Gasteiger partial charge on any atom is 0.397 e. The van der Waals surface area contributed by atoms with E-state index in [1.807, 2.05) is 0 Å². The highest BCUT2D eigenvalue weighted by atomic mass is 35.5. The van der Waals surface area contributed by atoms with Crippen molar-refractivity contribution < 1.29 is 25.6 Å². The zero-order chi connectivity index (χ0) is 14.0. The van der Waals surface area contributed by atoms with E-state index in [0.29, 0.717) is 0 Å². The molecule has 0 aliphatic rings. The fraction of sp³-hybridized carbons (Fsp3) is 0.250. The van der Waals surface area contributed by atoms with Gasteiger partial charge in [0, 0.05) is 0 Å². The molecule has 7 nitrogen and oxygen atoms in total. The van der Waals surface area contributed by atoms with Crippen molar-refractivity contribution in [3.8, 4) is 0 Å². The maximum atomic E-state index is 11.7. The molecule has 1 rings (SSSR count). The van der Waals surface area contributed by atoms with Gasteiger partial charge in [-0.15, -0.1) is 0 Å². The summed E-state index contributed by atoms with van der Waals surface area (Å²) >= 11 is 5.64. The topological polar surface area (TPSA) is 124 Å². The highest BCUT2D eigenvalue weighted by Gasteiger charge is 2.17. The van der Waals surface area contributed by atoms with Crippen LogP contribution in [0.1, 0.15) is 0 Å². The molecule has 18 heavy (non-hydrogen) atoms. The molecule has 0 bridgehead atoms. The Bertz CT molecular complexity index is 640. The lowest BCUT2D eigenvalue weighted by Crippen LogP contribution is -2.15. The minimum atomic E-state index is -4.65. The quantitative estimate of drug-likeness (QED) is 0.599. The highest BCUT2D eigenvalue weighted by molar-refractivity contribution is 7.91. The van der Waals surface area contributed by atoms with Gasteiger partial charge in [0.1, 0.15) is 0 Å². The summed E-state index contributed by atoms with van der Waals surface area (Å²) in [5, 5.41) is 0.211. The summed E-state index contributed by atoms with van der Waals surface area (Å²) in [7, 11) is -8.42. The Morgan fingerprint density at radius 3 is 2.39 bits per heavy atom. The van der Waals surface area contributed by atoms with Crippen LogP contribution in [0.2, 0.25) is 5.02 Å². The molecule has 0 saturated carbocycles. The number of benzene rings is 1. The van der Waals surface area contributed by atoms with Gasteiger partial charge in [0.05, 0.1) is 28.0 Å². The lowest BCUT2D eigenvalue weighted by Gasteiger charge is -2.05. The van der Waals surface area contributed by atoms with E-state index in [4.69, 9.17) is 21.9 Å². The molecular weight excluding hydrogens is 306 g/mol. The van der Waals surface area contributed by atoms with Crippen molar-refractivity contribution in [1.82, 2.24) is 0 Å². The molecule has 0 aliphatic heterocycles. The summed E-state index contributed by atoms with van der Waals surface area (Å²) in [4.78, 5) is -0.108. The van der Waals surface area contributed by atoms with Crippen LogP contribution in [0.15, 0.2) is 23.1 Å². The minimum absolute atomic E-state index is 0.0911. The van der Waals surface area contributed by atoms with E-state index in [9.17, 15) is 16.8 Å². The summed E-state index contributed by atoms with van der Waals surface area (Å²) in [6, 6.07) is 3.71. The van der Waals surface area contributed by atoms with Crippen LogP contribution in [0.5, 0.6) is 0 Å². The average molecular weight is 316 g/mol. The second kappa shape index (κ2) is 5.41. The van der Waals surface area contributed by atoms with Gasteiger partial charge in [-0.2, -0.15) is 8.42 Å². The number of anilines is 1. The molecule has 102 valence electrons. The van der Waals surface area contributed by atoms with Crippen LogP contribution in [-0.4, -0.2) is 33.7 Å². The van der Waals surface area contributed by atoms with E-state index >= 15 is 0 Å². The van der Waals surface area contributed by atoms with E-state index in [1.165, 1.54) is 12.1 Å². The smallest absolute Gasteiger partial charge is 0.397 e. The number of sulfone groups is 1. The predicted octanol–water partition coefficient (Wildman–Crippen LogP) is 0.515. The third-order valence-corrected chi connectivity index (χ3v) is 4.40. The van der Waals surface area contributed by atoms with Crippen LogP contribution in [-0.2, 0) is 24.4 Å². The second-order valence-electron chi connectivity index (χ2n) is 3.25. The largest absolute Gasteiger partial charge is 0.397 e. The average Bonchev–Trinajstić information content (AvgIpc) is 2.19. The van der Waals surface area contributed by atoms with E-state index in [0.717, 1.165) is 6.07 Å². The number of nitrogen functional groups attached to an aromatic ring is 1. The van der Waals surface area contributed by atoms with Crippen LogP contribution >= 0.6 is 11.6 Å². The van der Waals surface area contributed by atoms with Crippen molar-refractivity contribution in [2.45, 2.75) is 4.90 Å². The molecule has 0 saturated heterocycles. The highest BCUT2D eigenvalue weighted by Crippen LogP contribution is 2.22. The number of rotatable bonds is 5. The number of nitrogens with two attached hydrogens (primary N) is 1. The summed E-state index contributed by atoms with van der Waals surface area (Å²) in [6.07, 6.45) is 0. The molecular formula is C8H10ClNO6S2. The van der Waals surface area contributed by atoms with Gasteiger partial charge in [-0.25, -0.2) is 12.6 Å². The van der Waals surface area contributed by atoms with Crippen molar-refractivity contribution in [3.05, 3.63) is 23.2 Å². The first-order valence-corrected chi connectivity index (χ1v) is 7.91. The normalized spacial score (nSPS) is 12.6. The Kier molecular flexibility index (Phi) is 4.56. The van der Waals surface area contributed by atoms with Gasteiger partial charge in [0.15, 0.2) is 9.84 Å². The Labute approximate surface area is 109 Å². The van der Waals surface area contributed by atoms with Crippen molar-refractivity contribution in [1.29, 1.82) is 0 Å². The van der Waals surface area contributed by atoms with Gasteiger partial charge in [-0.3, -0.25) is 4.55 Å². The molecule has 0 heterocycles. The van der Waals surface area contributed by atoms with Gasteiger partial charge in [-0.05, 0) is 18.2 Å². The van der Waals surface area contributed by atoms with Crippen LogP contribution in [0, 0.1) is 0 Å². The fourth-order valence-corrected chi connectivity index (χ4v) is 2.72. The standard InChI is InChI=1S/C8H10ClNO6S2/c9-7-2-1-6(5-8(7)10)17(11,12)4-3-16-18(13,14)15/h1-2,5H,3-4,10H2,(H,13,14,15). The molecule has 0 amide bonds. The second-order valence-corrected chi connectivity index (χ2v) is 6.86. The lowest BCUT2D eigenvalue weighted by atomic mass is 10.3. The molecule has 0 aromatic heterocycles. The van der Waals surface area contributed by atoms with Gasteiger partial charge < -0.3 is 5.73 Å². The monoisotopic (exact) mass is 315 g/mol. The summed E-state index contributed by atoms with van der Waals surface area (Å²) in [5.74, 6) is -0.617. The van der Waals surface area contributed by atoms with E-state index in [1.54, 1.807) is 0 Å². The van der Waals surface area contributed by atoms with Gasteiger partial charge in [-0.1, -0.05) is 11.6 Å². The van der Waals surface area contributed by atoms with E-state index in [2.05, 4.69) is 4.18 Å². The SMILES string of the molecule is Nc1cc(S(=O)(=O)CCOS(=O)(=O)O)ccc1Cl. The molecule has 0 unspecified atom stereocenters. The Morgan fingerprint density at radius 1 is 1.28 bits per heavy atom. The molecule has 10 heteroatoms. The van der Waals surface area contributed by atoms with Crippen LogP contribution in [0.25, 0.3) is 0 Å². The first-order valence-electron chi connectivity index (χ1n) is 4.51. The first-order chi connectivity index (χ1) is 8.12. The van der Waals surface area contributed by atoms with Gasteiger partial charge in [0.2, 0.25) is 0 Å². The number of hydrogen-bond donors (Lipinski definition) is 2. The van der Waals surface area contributed by atoms with Crippen molar-refractivity contribution >= 4 is 37.5 Å². The summed E-state index contributed by atoms with van der Waals surface area (Å²) in [5.41, 5.74) is 5.54. The minimum Gasteiger partial charge on any atom is -0.397 e. The first kappa shape index (κ1) is 15.2. The molecule has 0 atom stereocenters. The fourth-order valence-electron chi connectivity index (χ4n) is 1.08. The third kappa shape index (κ3) is 4.42. The van der Waals surface area contributed by atoms with Gasteiger partial charge in [0.25, 0.3) is 0 Å². The molecule has 0 radical (unpaired) electrons. The van der Waals surface area contributed by atoms with Crippen molar-refractivity contribution in [2.75, 3.05) is 18.1 Å². The molecule has 0 aliphatic carbocycles. The lowest BCUT2D eigenvalue weighted by molar-refractivity contribution is 0.284. The number of halogens is 1. The Balaban J connectivity index is 2.84. The van der Waals surface area contributed by atoms with Gasteiger partial charge >= 0.3 is 10.4 Å². The Morgan fingerprint density at radius 2 is 1.89 bits per heavy atom. The maximum absolute atomic E-state index is 11.7. The third-order valence-electron chi connectivity index (χ3n) is 1.91. The Hall–Kier alpha value is -0.870.